The van der Waals surface area contributed by atoms with Crippen LogP contribution in [0, 0.1) is 24.0 Å². The first-order valence-corrected chi connectivity index (χ1v) is 4.11. The van der Waals surface area contributed by atoms with E-state index in [9.17, 15) is 0 Å². The topological polar surface area (TPSA) is 12.9 Å². The standard InChI is InChI=1S/C11H12N/c1-10(2)6-5-8-11-7-3-4-9-12-11/h3-4,7,10H,6H2,1-2H3. The summed E-state index contributed by atoms with van der Waals surface area (Å²) in [5.74, 6) is 6.68. The van der Waals surface area contributed by atoms with E-state index in [4.69, 9.17) is 0 Å². The van der Waals surface area contributed by atoms with Crippen LogP contribution in [-0.2, 0) is 0 Å². The van der Waals surface area contributed by atoms with E-state index in [0.717, 1.165) is 12.1 Å². The van der Waals surface area contributed by atoms with E-state index in [1.54, 1.807) is 6.07 Å². The maximum atomic E-state index is 3.98. The van der Waals surface area contributed by atoms with Crippen molar-refractivity contribution >= 4 is 0 Å². The van der Waals surface area contributed by atoms with Crippen molar-refractivity contribution in [1.29, 1.82) is 0 Å². The van der Waals surface area contributed by atoms with Crippen molar-refractivity contribution < 1.29 is 0 Å². The smallest absolute Gasteiger partial charge is 0.113 e. The Morgan fingerprint density at radius 3 is 3.00 bits per heavy atom. The largest absolute Gasteiger partial charge is 0.238 e. The highest BCUT2D eigenvalue weighted by molar-refractivity contribution is 5.26. The number of nitrogens with zero attached hydrogens (tertiary/aromatic N) is 1. The van der Waals surface area contributed by atoms with Crippen molar-refractivity contribution in [2.24, 2.45) is 5.92 Å². The van der Waals surface area contributed by atoms with Crippen LogP contribution in [0.1, 0.15) is 26.0 Å². The van der Waals surface area contributed by atoms with Gasteiger partial charge >= 0.3 is 0 Å². The van der Waals surface area contributed by atoms with Crippen LogP contribution in [0.25, 0.3) is 0 Å². The van der Waals surface area contributed by atoms with Crippen LogP contribution >= 0.6 is 0 Å². The summed E-state index contributed by atoms with van der Waals surface area (Å²) in [7, 11) is 0. The molecule has 61 valence electrons. The molecule has 1 heterocycles. The van der Waals surface area contributed by atoms with Crippen LogP contribution in [0.3, 0.4) is 0 Å². The molecule has 0 spiro atoms. The molecule has 0 bridgehead atoms. The molecule has 1 aromatic heterocycles. The fourth-order valence-corrected chi connectivity index (χ4v) is 0.742. The zero-order chi connectivity index (χ0) is 8.81. The van der Waals surface area contributed by atoms with Gasteiger partial charge in [0.25, 0.3) is 0 Å². The molecule has 0 unspecified atom stereocenters. The molecule has 1 radical (unpaired) electrons. The highest BCUT2D eigenvalue weighted by atomic mass is 14.6. The van der Waals surface area contributed by atoms with Crippen molar-refractivity contribution in [3.05, 3.63) is 30.1 Å². The molecule has 0 aliphatic rings. The molecule has 1 nitrogen and oxygen atoms in total. The van der Waals surface area contributed by atoms with Crippen LogP contribution in [0.15, 0.2) is 18.2 Å². The highest BCUT2D eigenvalue weighted by Crippen LogP contribution is 1.97. The second kappa shape index (κ2) is 4.56. The summed E-state index contributed by atoms with van der Waals surface area (Å²) in [6.45, 7) is 4.30. The number of hydrogen-bond donors (Lipinski definition) is 0. The van der Waals surface area contributed by atoms with E-state index < -0.39 is 0 Å². The molecule has 1 aromatic rings. The van der Waals surface area contributed by atoms with E-state index >= 15 is 0 Å². The predicted molar refractivity (Wildman–Crippen MR) is 49.4 cm³/mol. The second-order valence-electron chi connectivity index (χ2n) is 3.05. The zero-order valence-electron chi connectivity index (χ0n) is 7.46. The highest BCUT2D eigenvalue weighted by Gasteiger charge is 1.87. The third-order valence-corrected chi connectivity index (χ3v) is 1.34. The lowest BCUT2D eigenvalue weighted by Crippen LogP contribution is -1.83. The predicted octanol–water partition coefficient (Wildman–Crippen LogP) is 2.28. The van der Waals surface area contributed by atoms with Crippen LogP contribution in [-0.4, -0.2) is 4.98 Å². The minimum absolute atomic E-state index is 0.630. The Morgan fingerprint density at radius 1 is 1.58 bits per heavy atom. The van der Waals surface area contributed by atoms with Crippen LogP contribution in [0.2, 0.25) is 0 Å². The molecule has 0 amide bonds. The van der Waals surface area contributed by atoms with Gasteiger partial charge in [0.05, 0.1) is 6.20 Å². The van der Waals surface area contributed by atoms with Crippen LogP contribution < -0.4 is 0 Å². The van der Waals surface area contributed by atoms with Crippen LogP contribution in [0.5, 0.6) is 0 Å². The monoisotopic (exact) mass is 158 g/mol. The Kier molecular flexibility index (Phi) is 3.35. The van der Waals surface area contributed by atoms with Gasteiger partial charge in [-0.05, 0) is 24.0 Å². The molecule has 0 aliphatic heterocycles. The first-order chi connectivity index (χ1) is 5.79. The lowest BCUT2D eigenvalue weighted by Gasteiger charge is -1.92. The molecular weight excluding hydrogens is 146 g/mol. The van der Waals surface area contributed by atoms with Gasteiger partial charge in [0.1, 0.15) is 5.69 Å². The van der Waals surface area contributed by atoms with Gasteiger partial charge in [-0.2, -0.15) is 0 Å². The second-order valence-corrected chi connectivity index (χ2v) is 3.05. The van der Waals surface area contributed by atoms with Crippen molar-refractivity contribution in [2.75, 3.05) is 0 Å². The van der Waals surface area contributed by atoms with Gasteiger partial charge in [0.15, 0.2) is 0 Å². The van der Waals surface area contributed by atoms with E-state index in [1.807, 2.05) is 12.1 Å². The maximum Gasteiger partial charge on any atom is 0.113 e. The average molecular weight is 158 g/mol. The molecule has 12 heavy (non-hydrogen) atoms. The molecule has 0 fully saturated rings. The third kappa shape index (κ3) is 3.21. The minimum Gasteiger partial charge on any atom is -0.238 e. The van der Waals surface area contributed by atoms with Gasteiger partial charge in [-0.25, -0.2) is 4.98 Å². The summed E-state index contributed by atoms with van der Waals surface area (Å²) in [5, 5.41) is 0. The van der Waals surface area contributed by atoms with Gasteiger partial charge < -0.3 is 0 Å². The normalized spacial score (nSPS) is 9.25. The van der Waals surface area contributed by atoms with E-state index in [2.05, 4.69) is 36.9 Å². The Balaban J connectivity index is 2.55. The van der Waals surface area contributed by atoms with Crippen molar-refractivity contribution in [3.8, 4) is 11.8 Å². The number of pyridine rings is 1. The first kappa shape index (κ1) is 8.80. The number of rotatable bonds is 1. The third-order valence-electron chi connectivity index (χ3n) is 1.34. The molecule has 0 saturated carbocycles. The molecular formula is C11H12N. The van der Waals surface area contributed by atoms with Crippen molar-refractivity contribution in [1.82, 2.24) is 4.98 Å². The van der Waals surface area contributed by atoms with Gasteiger partial charge in [-0.1, -0.05) is 25.8 Å². The lowest BCUT2D eigenvalue weighted by atomic mass is 10.1. The Hall–Kier alpha value is -1.29. The molecule has 0 N–H and O–H groups in total. The molecule has 1 rings (SSSR count). The Labute approximate surface area is 73.8 Å². The number of hydrogen-bond acceptors (Lipinski definition) is 1. The molecule has 0 saturated heterocycles. The molecule has 0 aliphatic carbocycles. The Bertz CT molecular complexity index is 277. The van der Waals surface area contributed by atoms with E-state index in [1.165, 1.54) is 0 Å². The zero-order valence-corrected chi connectivity index (χ0v) is 7.46. The summed E-state index contributed by atoms with van der Waals surface area (Å²) in [4.78, 5) is 3.98. The van der Waals surface area contributed by atoms with Crippen LogP contribution in [0.4, 0.5) is 0 Å². The molecule has 0 aromatic carbocycles. The minimum atomic E-state index is 0.630. The Morgan fingerprint density at radius 2 is 2.42 bits per heavy atom. The molecule has 1 heteroatoms. The molecule has 0 atom stereocenters. The first-order valence-electron chi connectivity index (χ1n) is 4.11. The number of aromatic nitrogens is 1. The summed E-state index contributed by atoms with van der Waals surface area (Å²) in [6, 6.07) is 5.56. The van der Waals surface area contributed by atoms with E-state index in [0.29, 0.717) is 5.92 Å². The lowest BCUT2D eigenvalue weighted by molar-refractivity contribution is 0.676. The summed E-state index contributed by atoms with van der Waals surface area (Å²) >= 11 is 0. The maximum absolute atomic E-state index is 3.98. The SMILES string of the molecule is CC(C)CC#Cc1ccc[c]n1. The van der Waals surface area contributed by atoms with E-state index in [-0.39, 0.29) is 0 Å². The fraction of sp³-hybridized carbons (Fsp3) is 0.364. The average Bonchev–Trinajstić information content (AvgIpc) is 2.05. The van der Waals surface area contributed by atoms with Gasteiger partial charge in [-0.15, -0.1) is 0 Å². The summed E-state index contributed by atoms with van der Waals surface area (Å²) < 4.78 is 0. The van der Waals surface area contributed by atoms with Gasteiger partial charge in [-0.3, -0.25) is 0 Å². The van der Waals surface area contributed by atoms with Gasteiger partial charge in [0.2, 0.25) is 0 Å². The van der Waals surface area contributed by atoms with Gasteiger partial charge in [0, 0.05) is 6.42 Å². The van der Waals surface area contributed by atoms with Crippen molar-refractivity contribution in [3.63, 3.8) is 0 Å². The summed E-state index contributed by atoms with van der Waals surface area (Å²) in [5.41, 5.74) is 0.804. The van der Waals surface area contributed by atoms with Crippen molar-refractivity contribution in [2.45, 2.75) is 20.3 Å². The fourth-order valence-electron chi connectivity index (χ4n) is 0.742. The quantitative estimate of drug-likeness (QED) is 0.571. The summed E-state index contributed by atoms with van der Waals surface area (Å²) in [6.07, 6.45) is 3.67.